The fourth-order valence-electron chi connectivity index (χ4n) is 2.18. The van der Waals surface area contributed by atoms with E-state index >= 15 is 0 Å². The zero-order valence-electron chi connectivity index (χ0n) is 10.3. The normalized spacial score (nSPS) is 12.8. The van der Waals surface area contributed by atoms with E-state index in [-0.39, 0.29) is 11.5 Å². The van der Waals surface area contributed by atoms with E-state index < -0.39 is 6.04 Å². The molecule has 0 saturated carbocycles. The van der Waals surface area contributed by atoms with Gasteiger partial charge in [0.1, 0.15) is 5.82 Å². The van der Waals surface area contributed by atoms with Crippen LogP contribution in [0.25, 0.3) is 11.0 Å². The van der Waals surface area contributed by atoms with Crippen molar-refractivity contribution < 1.29 is 4.39 Å². The fraction of sp³-hybridized carbons (Fsp3) is 0.0714. The molecular formula is C14H11BrFN3O. The summed E-state index contributed by atoms with van der Waals surface area (Å²) in [6, 6.07) is 9.32. The average molecular weight is 336 g/mol. The van der Waals surface area contributed by atoms with E-state index in [1.807, 2.05) is 0 Å². The van der Waals surface area contributed by atoms with Gasteiger partial charge in [0.15, 0.2) is 0 Å². The van der Waals surface area contributed by atoms with Gasteiger partial charge >= 0.3 is 5.69 Å². The number of hydrogen-bond acceptors (Lipinski definition) is 2. The quantitative estimate of drug-likeness (QED) is 0.673. The minimum atomic E-state index is -0.602. The summed E-state index contributed by atoms with van der Waals surface area (Å²) in [4.78, 5) is 16.5. The highest BCUT2D eigenvalue weighted by atomic mass is 79.9. The third-order valence-electron chi connectivity index (χ3n) is 3.19. The number of H-pyrrole nitrogens is 2. The maximum absolute atomic E-state index is 13.9. The Morgan fingerprint density at radius 3 is 2.65 bits per heavy atom. The standard InChI is InChI=1S/C14H11BrFN3O/c15-8-2-3-10(16)9(6-8)13(17)7-1-4-11-12(5-7)19-14(20)18-11/h1-6,13H,17H2,(H2,18,19,20). The molecule has 1 unspecified atom stereocenters. The van der Waals surface area contributed by atoms with Crippen molar-refractivity contribution in [3.63, 3.8) is 0 Å². The van der Waals surface area contributed by atoms with Crippen LogP contribution in [0, 0.1) is 5.82 Å². The lowest BCUT2D eigenvalue weighted by molar-refractivity contribution is 0.599. The number of rotatable bonds is 2. The van der Waals surface area contributed by atoms with E-state index in [1.165, 1.54) is 6.07 Å². The molecule has 0 aliphatic heterocycles. The summed E-state index contributed by atoms with van der Waals surface area (Å²) >= 11 is 3.31. The molecule has 0 amide bonds. The Balaban J connectivity index is 2.09. The first kappa shape index (κ1) is 13.1. The molecule has 0 fully saturated rings. The molecule has 1 heterocycles. The largest absolute Gasteiger partial charge is 0.323 e. The number of aromatic nitrogens is 2. The Kier molecular flexibility index (Phi) is 3.19. The zero-order valence-corrected chi connectivity index (χ0v) is 11.9. The van der Waals surface area contributed by atoms with Crippen molar-refractivity contribution in [3.8, 4) is 0 Å². The first-order valence-electron chi connectivity index (χ1n) is 5.97. The van der Waals surface area contributed by atoms with Crippen LogP contribution in [0.3, 0.4) is 0 Å². The van der Waals surface area contributed by atoms with Crippen molar-refractivity contribution in [1.29, 1.82) is 0 Å². The number of halogens is 2. The average Bonchev–Trinajstić information content (AvgIpc) is 2.79. The maximum Gasteiger partial charge on any atom is 0.323 e. The Bertz CT molecular complexity index is 840. The van der Waals surface area contributed by atoms with Crippen molar-refractivity contribution in [2.75, 3.05) is 0 Å². The minimum Gasteiger partial charge on any atom is -0.320 e. The number of imidazole rings is 1. The molecule has 2 aromatic carbocycles. The molecule has 0 saturated heterocycles. The molecule has 102 valence electrons. The van der Waals surface area contributed by atoms with Gasteiger partial charge in [-0.15, -0.1) is 0 Å². The highest BCUT2D eigenvalue weighted by molar-refractivity contribution is 9.10. The summed E-state index contributed by atoms with van der Waals surface area (Å²) in [5.41, 5.74) is 8.31. The predicted molar refractivity (Wildman–Crippen MR) is 79.0 cm³/mol. The van der Waals surface area contributed by atoms with E-state index in [1.54, 1.807) is 30.3 Å². The summed E-state index contributed by atoms with van der Waals surface area (Å²) in [7, 11) is 0. The van der Waals surface area contributed by atoms with Crippen LogP contribution in [0.2, 0.25) is 0 Å². The highest BCUT2D eigenvalue weighted by Gasteiger charge is 2.15. The molecule has 0 aliphatic carbocycles. The summed E-state index contributed by atoms with van der Waals surface area (Å²) in [6.45, 7) is 0. The third kappa shape index (κ3) is 2.28. The lowest BCUT2D eigenvalue weighted by Gasteiger charge is -2.14. The van der Waals surface area contributed by atoms with Gasteiger partial charge in [-0.2, -0.15) is 0 Å². The second-order valence-corrected chi connectivity index (χ2v) is 5.44. The molecule has 0 bridgehead atoms. The number of nitrogens with one attached hydrogen (secondary N) is 2. The summed E-state index contributed by atoms with van der Waals surface area (Å²) < 4.78 is 14.6. The summed E-state index contributed by atoms with van der Waals surface area (Å²) in [5, 5.41) is 0. The van der Waals surface area contributed by atoms with Crippen molar-refractivity contribution in [2.45, 2.75) is 6.04 Å². The van der Waals surface area contributed by atoms with Crippen LogP contribution in [-0.4, -0.2) is 9.97 Å². The maximum atomic E-state index is 13.9. The molecule has 3 aromatic rings. The predicted octanol–water partition coefficient (Wildman–Crippen LogP) is 2.81. The summed E-state index contributed by atoms with van der Waals surface area (Å²) in [6.07, 6.45) is 0. The second-order valence-electron chi connectivity index (χ2n) is 4.53. The molecule has 6 heteroatoms. The second kappa shape index (κ2) is 4.88. The molecule has 1 aromatic heterocycles. The van der Waals surface area contributed by atoms with Gasteiger partial charge in [-0.1, -0.05) is 22.0 Å². The van der Waals surface area contributed by atoms with Crippen molar-refractivity contribution >= 4 is 27.0 Å². The number of aromatic amines is 2. The molecule has 3 rings (SSSR count). The van der Waals surface area contributed by atoms with Crippen LogP contribution in [0.15, 0.2) is 45.7 Å². The minimum absolute atomic E-state index is 0.278. The number of benzene rings is 2. The van der Waals surface area contributed by atoms with Gasteiger partial charge in [0.05, 0.1) is 17.1 Å². The number of fused-ring (bicyclic) bond motifs is 1. The van der Waals surface area contributed by atoms with Gasteiger partial charge in [-0.05, 0) is 35.9 Å². The van der Waals surface area contributed by atoms with Crippen molar-refractivity contribution in [2.24, 2.45) is 5.73 Å². The Labute approximate surface area is 121 Å². The van der Waals surface area contributed by atoms with Crippen LogP contribution >= 0.6 is 15.9 Å². The molecule has 4 nitrogen and oxygen atoms in total. The molecule has 20 heavy (non-hydrogen) atoms. The Morgan fingerprint density at radius 2 is 1.85 bits per heavy atom. The third-order valence-corrected chi connectivity index (χ3v) is 3.69. The lowest BCUT2D eigenvalue weighted by Crippen LogP contribution is -2.13. The monoisotopic (exact) mass is 335 g/mol. The van der Waals surface area contributed by atoms with E-state index in [4.69, 9.17) is 5.73 Å². The van der Waals surface area contributed by atoms with Crippen molar-refractivity contribution in [1.82, 2.24) is 9.97 Å². The SMILES string of the molecule is NC(c1ccc2[nH]c(=O)[nH]c2c1)c1cc(Br)ccc1F. The first-order chi connectivity index (χ1) is 9.54. The van der Waals surface area contributed by atoms with Crippen LogP contribution in [-0.2, 0) is 0 Å². The van der Waals surface area contributed by atoms with E-state index in [9.17, 15) is 9.18 Å². The van der Waals surface area contributed by atoms with Crippen molar-refractivity contribution in [3.05, 3.63) is 68.3 Å². The lowest BCUT2D eigenvalue weighted by atomic mass is 9.99. The van der Waals surface area contributed by atoms with Gasteiger partial charge in [-0.25, -0.2) is 9.18 Å². The summed E-state index contributed by atoms with van der Waals surface area (Å²) in [5.74, 6) is -0.358. The topological polar surface area (TPSA) is 74.7 Å². The molecule has 4 N–H and O–H groups in total. The zero-order chi connectivity index (χ0) is 14.3. The molecule has 0 radical (unpaired) electrons. The van der Waals surface area contributed by atoms with Crippen LogP contribution in [0.5, 0.6) is 0 Å². The van der Waals surface area contributed by atoms with Crippen LogP contribution in [0.4, 0.5) is 4.39 Å². The Hall–Kier alpha value is -1.92. The number of hydrogen-bond donors (Lipinski definition) is 3. The van der Waals surface area contributed by atoms with Crippen LogP contribution in [0.1, 0.15) is 17.2 Å². The van der Waals surface area contributed by atoms with Gasteiger partial charge < -0.3 is 15.7 Å². The van der Waals surface area contributed by atoms with Gasteiger partial charge in [0.2, 0.25) is 0 Å². The first-order valence-corrected chi connectivity index (χ1v) is 6.76. The molecule has 0 aliphatic rings. The fourth-order valence-corrected chi connectivity index (χ4v) is 2.55. The molecule has 1 atom stereocenters. The van der Waals surface area contributed by atoms with E-state index in [2.05, 4.69) is 25.9 Å². The van der Waals surface area contributed by atoms with Gasteiger partial charge in [0, 0.05) is 10.0 Å². The van der Waals surface area contributed by atoms with E-state index in [0.717, 1.165) is 10.0 Å². The van der Waals surface area contributed by atoms with Gasteiger partial charge in [-0.3, -0.25) is 0 Å². The molecule has 0 spiro atoms. The van der Waals surface area contributed by atoms with Gasteiger partial charge in [0.25, 0.3) is 0 Å². The highest BCUT2D eigenvalue weighted by Crippen LogP contribution is 2.26. The smallest absolute Gasteiger partial charge is 0.320 e. The van der Waals surface area contributed by atoms with Crippen LogP contribution < -0.4 is 11.4 Å². The van der Waals surface area contributed by atoms with E-state index in [0.29, 0.717) is 16.6 Å². The number of nitrogens with two attached hydrogens (primary N) is 1. The Morgan fingerprint density at radius 1 is 1.10 bits per heavy atom. The molecular weight excluding hydrogens is 325 g/mol.